The van der Waals surface area contributed by atoms with Crippen molar-refractivity contribution in [3.05, 3.63) is 53.9 Å². The lowest BCUT2D eigenvalue weighted by Gasteiger charge is -2.13. The summed E-state index contributed by atoms with van der Waals surface area (Å²) in [6.45, 7) is 0.719. The molecule has 2 aromatic rings. The van der Waals surface area contributed by atoms with Crippen LogP contribution in [0.15, 0.2) is 47.7 Å². The maximum Gasteiger partial charge on any atom is 0.280 e. The van der Waals surface area contributed by atoms with Gasteiger partial charge < -0.3 is 20.9 Å². The van der Waals surface area contributed by atoms with Crippen molar-refractivity contribution in [1.29, 1.82) is 0 Å². The highest BCUT2D eigenvalue weighted by molar-refractivity contribution is 6.02. The predicted octanol–water partition coefficient (Wildman–Crippen LogP) is 1.80. The van der Waals surface area contributed by atoms with Crippen molar-refractivity contribution in [3.8, 4) is 5.69 Å². The van der Waals surface area contributed by atoms with Gasteiger partial charge in [-0.25, -0.2) is 0 Å². The number of amides is 1. The van der Waals surface area contributed by atoms with Crippen LogP contribution in [-0.4, -0.2) is 35.4 Å². The molecule has 0 aliphatic heterocycles. The molecule has 4 N–H and O–H groups in total. The zero-order valence-corrected chi connectivity index (χ0v) is 14.6. The average molecular weight is 358 g/mol. The molecule has 0 atom stereocenters. The van der Waals surface area contributed by atoms with E-state index in [1.807, 2.05) is 60.2 Å². The Morgan fingerprint density at radius 2 is 1.74 bits per heavy atom. The average Bonchev–Trinajstić information content (AvgIpc) is 2.90. The number of aliphatic imine (C=N–C) groups is 1. The smallest absolute Gasteiger partial charge is 0.280 e. The van der Waals surface area contributed by atoms with Crippen molar-refractivity contribution >= 4 is 36.7 Å². The van der Waals surface area contributed by atoms with Crippen molar-refractivity contribution < 1.29 is 4.79 Å². The van der Waals surface area contributed by atoms with Crippen LogP contribution in [0, 0.1) is 0 Å². The highest BCUT2D eigenvalue weighted by atomic mass is 35.5. The molecule has 8 heteroatoms. The number of aromatic nitrogens is 1. The van der Waals surface area contributed by atoms with E-state index in [0.29, 0.717) is 5.56 Å². The highest BCUT2D eigenvalue weighted by Gasteiger charge is 2.10. The quantitative estimate of drug-likeness (QED) is 0.644. The number of rotatable bonds is 4. The van der Waals surface area contributed by atoms with Gasteiger partial charge in [-0.3, -0.25) is 4.79 Å². The topological polar surface area (TPSA) is 89.6 Å². The Morgan fingerprint density at radius 3 is 2.26 bits per heavy atom. The van der Waals surface area contributed by atoms with E-state index in [2.05, 4.69) is 4.99 Å². The number of nitrogens with zero attached hydrogens (tertiary/aromatic N) is 3. The molecule has 1 amide bonds. The molecule has 6 nitrogen and oxygen atoms in total. The first kappa shape index (κ1) is 21.0. The van der Waals surface area contributed by atoms with Crippen molar-refractivity contribution in [2.24, 2.45) is 16.5 Å². The first-order chi connectivity index (χ1) is 9.95. The second kappa shape index (κ2) is 9.19. The van der Waals surface area contributed by atoms with Gasteiger partial charge in [0.25, 0.3) is 5.91 Å². The van der Waals surface area contributed by atoms with E-state index < -0.39 is 5.91 Å². The van der Waals surface area contributed by atoms with Gasteiger partial charge in [0, 0.05) is 30.2 Å². The van der Waals surface area contributed by atoms with Crippen LogP contribution in [0.5, 0.6) is 0 Å². The summed E-state index contributed by atoms with van der Waals surface area (Å²) in [6.07, 6.45) is 3.84. The fourth-order valence-electron chi connectivity index (χ4n) is 2.09. The summed E-state index contributed by atoms with van der Waals surface area (Å²) in [7, 11) is 3.94. The number of carbonyl (C=O) groups is 1. The molecule has 0 radical (unpaired) electrons. The van der Waals surface area contributed by atoms with E-state index in [1.165, 1.54) is 0 Å². The molecular weight excluding hydrogens is 337 g/mol. The molecule has 0 bridgehead atoms. The monoisotopic (exact) mass is 357 g/mol. The van der Waals surface area contributed by atoms with E-state index in [4.69, 9.17) is 11.5 Å². The molecule has 23 heavy (non-hydrogen) atoms. The number of hydrogen-bond acceptors (Lipinski definition) is 2. The van der Waals surface area contributed by atoms with Gasteiger partial charge >= 0.3 is 0 Å². The van der Waals surface area contributed by atoms with E-state index in [-0.39, 0.29) is 30.8 Å². The fourth-order valence-corrected chi connectivity index (χ4v) is 2.09. The molecule has 0 aliphatic rings. The molecule has 1 aromatic heterocycles. The molecule has 126 valence electrons. The van der Waals surface area contributed by atoms with Gasteiger partial charge in [0.15, 0.2) is 5.96 Å². The van der Waals surface area contributed by atoms with E-state index in [0.717, 1.165) is 17.8 Å². The molecule has 0 fully saturated rings. The number of benzene rings is 1. The van der Waals surface area contributed by atoms with Crippen LogP contribution in [0.3, 0.4) is 0 Å². The highest BCUT2D eigenvalue weighted by Crippen LogP contribution is 2.17. The van der Waals surface area contributed by atoms with Crippen molar-refractivity contribution in [2.75, 3.05) is 14.1 Å². The Morgan fingerprint density at radius 1 is 1.13 bits per heavy atom. The third-order valence-corrected chi connectivity index (χ3v) is 2.86. The molecule has 1 heterocycles. The van der Waals surface area contributed by atoms with E-state index in [9.17, 15) is 4.79 Å². The summed E-state index contributed by atoms with van der Waals surface area (Å²) >= 11 is 0. The zero-order chi connectivity index (χ0) is 15.4. The second-order valence-electron chi connectivity index (χ2n) is 5.06. The second-order valence-corrected chi connectivity index (χ2v) is 5.06. The summed E-state index contributed by atoms with van der Waals surface area (Å²) in [4.78, 5) is 17.7. The first-order valence-corrected chi connectivity index (χ1v) is 6.51. The summed E-state index contributed by atoms with van der Waals surface area (Å²) in [5, 5.41) is 0. The minimum Gasteiger partial charge on any atom is -0.370 e. The van der Waals surface area contributed by atoms with Crippen LogP contribution < -0.4 is 11.5 Å². The molecule has 0 aliphatic carbocycles. The Kier molecular flexibility index (Phi) is 8.39. The number of nitrogens with two attached hydrogens (primary N) is 2. The van der Waals surface area contributed by atoms with Gasteiger partial charge in [-0.15, -0.1) is 24.8 Å². The minimum absolute atomic E-state index is 0. The Balaban J connectivity index is 0.00000242. The lowest BCUT2D eigenvalue weighted by atomic mass is 10.1. The number of hydrogen-bond donors (Lipinski definition) is 2. The van der Waals surface area contributed by atoms with Gasteiger partial charge in [0.05, 0.1) is 0 Å². The third kappa shape index (κ3) is 5.94. The summed E-state index contributed by atoms with van der Waals surface area (Å²) in [5.41, 5.74) is 12.9. The third-order valence-electron chi connectivity index (χ3n) is 2.86. The van der Waals surface area contributed by atoms with Crippen LogP contribution in [0.1, 0.15) is 15.9 Å². The summed E-state index contributed by atoms with van der Waals surface area (Å²) < 4.78 is 1.94. The Hall–Kier alpha value is -2.02. The molecule has 0 saturated carbocycles. The molecule has 2 rings (SSSR count). The predicted molar refractivity (Wildman–Crippen MR) is 97.8 cm³/mol. The van der Waals surface area contributed by atoms with Crippen LogP contribution in [0.4, 0.5) is 0 Å². The molecule has 0 unspecified atom stereocenters. The van der Waals surface area contributed by atoms with Crippen LogP contribution in [-0.2, 0) is 6.54 Å². The fraction of sp³-hybridized carbons (Fsp3) is 0.200. The van der Waals surface area contributed by atoms with Gasteiger partial charge in [0.1, 0.15) is 0 Å². The maximum atomic E-state index is 12.0. The Bertz CT molecular complexity index is 665. The van der Waals surface area contributed by atoms with Gasteiger partial charge in [-0.05, 0) is 50.0 Å². The SMILES string of the molecule is CN(C)Cc1cc(C(=O)N=C(N)N)cc(-n2cccc2)c1.Cl.Cl. The van der Waals surface area contributed by atoms with Crippen LogP contribution in [0.25, 0.3) is 5.69 Å². The molecular formula is C15H21Cl2N5O. The maximum absolute atomic E-state index is 12.0. The van der Waals surface area contributed by atoms with Crippen molar-refractivity contribution in [3.63, 3.8) is 0 Å². The Labute approximate surface area is 148 Å². The molecule has 0 spiro atoms. The van der Waals surface area contributed by atoms with Crippen molar-refractivity contribution in [1.82, 2.24) is 9.47 Å². The summed E-state index contributed by atoms with van der Waals surface area (Å²) in [5.74, 6) is -0.676. The first-order valence-electron chi connectivity index (χ1n) is 6.51. The zero-order valence-electron chi connectivity index (χ0n) is 13.0. The molecule has 1 aromatic carbocycles. The number of carbonyl (C=O) groups excluding carboxylic acids is 1. The number of halogens is 2. The van der Waals surface area contributed by atoms with Gasteiger partial charge in [-0.1, -0.05) is 0 Å². The lowest BCUT2D eigenvalue weighted by molar-refractivity contribution is 0.100. The molecule has 0 saturated heterocycles. The normalized spacial score (nSPS) is 9.70. The summed E-state index contributed by atoms with van der Waals surface area (Å²) in [6, 6.07) is 9.47. The van der Waals surface area contributed by atoms with Crippen LogP contribution >= 0.6 is 24.8 Å². The van der Waals surface area contributed by atoms with Gasteiger partial charge in [-0.2, -0.15) is 4.99 Å². The number of guanidine groups is 1. The van der Waals surface area contributed by atoms with Crippen molar-refractivity contribution in [2.45, 2.75) is 6.54 Å². The van der Waals surface area contributed by atoms with Crippen LogP contribution in [0.2, 0.25) is 0 Å². The largest absolute Gasteiger partial charge is 0.370 e. The minimum atomic E-state index is -0.441. The van der Waals surface area contributed by atoms with Gasteiger partial charge in [0.2, 0.25) is 0 Å². The van der Waals surface area contributed by atoms with E-state index >= 15 is 0 Å². The standard InChI is InChI=1S/C15H19N5O.2ClH/c1-19(2)10-11-7-12(14(21)18-15(16)17)9-13(8-11)20-5-3-4-6-20;;/h3-9H,10H2,1-2H3,(H4,16,17,18,21);2*1H. The lowest BCUT2D eigenvalue weighted by Crippen LogP contribution is -2.24. The van der Waals surface area contributed by atoms with E-state index in [1.54, 1.807) is 6.07 Å².